The number of hydrogen-bond acceptors (Lipinski definition) is 5. The van der Waals surface area contributed by atoms with Crippen molar-refractivity contribution in [1.29, 1.82) is 0 Å². The van der Waals surface area contributed by atoms with E-state index >= 15 is 0 Å². The summed E-state index contributed by atoms with van der Waals surface area (Å²) in [7, 11) is 0. The summed E-state index contributed by atoms with van der Waals surface area (Å²) < 4.78 is 0. The van der Waals surface area contributed by atoms with Gasteiger partial charge in [0.05, 0.1) is 11.1 Å². The summed E-state index contributed by atoms with van der Waals surface area (Å²) in [4.78, 5) is 22.1. The number of aromatic nitrogens is 2. The van der Waals surface area contributed by atoms with Crippen molar-refractivity contribution < 1.29 is 4.79 Å². The van der Waals surface area contributed by atoms with E-state index in [0.717, 1.165) is 32.8 Å². The molecule has 2 aromatic carbocycles. The normalized spacial score (nSPS) is 10.9. The van der Waals surface area contributed by atoms with E-state index in [1.54, 1.807) is 17.7 Å². The van der Waals surface area contributed by atoms with Gasteiger partial charge in [-0.1, -0.05) is 71.9 Å². The zero-order valence-corrected chi connectivity index (χ0v) is 17.7. The fraction of sp³-hybridized carbons (Fsp3) is 0.174. The summed E-state index contributed by atoms with van der Waals surface area (Å²) in [5, 5.41) is 7.00. The van der Waals surface area contributed by atoms with Crippen molar-refractivity contribution in [3.63, 3.8) is 0 Å². The third kappa shape index (κ3) is 4.83. The molecule has 0 aliphatic rings. The topological polar surface area (TPSA) is 54.9 Å². The third-order valence-electron chi connectivity index (χ3n) is 4.62. The van der Waals surface area contributed by atoms with E-state index in [2.05, 4.69) is 64.0 Å². The largest absolute Gasteiger partial charge is 0.355 e. The first-order valence-electron chi connectivity index (χ1n) is 9.43. The van der Waals surface area contributed by atoms with Crippen LogP contribution in [0.2, 0.25) is 0 Å². The molecule has 1 amide bonds. The van der Waals surface area contributed by atoms with Crippen LogP contribution in [0.5, 0.6) is 0 Å². The van der Waals surface area contributed by atoms with Crippen molar-refractivity contribution >= 4 is 39.2 Å². The molecule has 4 aromatic rings. The quantitative estimate of drug-likeness (QED) is 0.334. The Kier molecular flexibility index (Phi) is 6.22. The molecule has 0 spiro atoms. The van der Waals surface area contributed by atoms with E-state index in [0.29, 0.717) is 12.3 Å². The molecule has 0 aliphatic carbocycles. The maximum absolute atomic E-state index is 12.3. The van der Waals surface area contributed by atoms with Gasteiger partial charge < -0.3 is 5.32 Å². The fourth-order valence-electron chi connectivity index (χ4n) is 3.08. The van der Waals surface area contributed by atoms with E-state index in [4.69, 9.17) is 0 Å². The second-order valence-corrected chi connectivity index (χ2v) is 8.57. The van der Waals surface area contributed by atoms with Crippen LogP contribution in [0.1, 0.15) is 11.1 Å². The molecule has 4 nitrogen and oxygen atoms in total. The van der Waals surface area contributed by atoms with Gasteiger partial charge in [0.2, 0.25) is 5.91 Å². The van der Waals surface area contributed by atoms with Crippen molar-refractivity contribution in [1.82, 2.24) is 15.3 Å². The number of amides is 1. The highest BCUT2D eigenvalue weighted by molar-refractivity contribution is 8.00. The van der Waals surface area contributed by atoms with Crippen LogP contribution in [-0.4, -0.2) is 28.2 Å². The van der Waals surface area contributed by atoms with E-state index in [1.807, 2.05) is 18.2 Å². The molecule has 146 valence electrons. The molecule has 0 saturated heterocycles. The smallest absolute Gasteiger partial charge is 0.230 e. The molecule has 0 aliphatic heterocycles. The molecule has 0 radical (unpaired) electrons. The molecule has 1 N–H and O–H groups in total. The number of benzene rings is 2. The van der Waals surface area contributed by atoms with Crippen LogP contribution >= 0.6 is 23.1 Å². The van der Waals surface area contributed by atoms with Gasteiger partial charge in [-0.2, -0.15) is 0 Å². The van der Waals surface area contributed by atoms with Crippen molar-refractivity contribution in [2.75, 3.05) is 12.3 Å². The minimum absolute atomic E-state index is 0.0183. The van der Waals surface area contributed by atoms with Gasteiger partial charge in [-0.25, -0.2) is 9.97 Å². The highest BCUT2D eigenvalue weighted by Crippen LogP contribution is 2.37. The molecule has 0 unspecified atom stereocenters. The number of nitrogens with zero attached hydrogens (tertiary/aromatic N) is 2. The van der Waals surface area contributed by atoms with Crippen molar-refractivity contribution in [2.24, 2.45) is 0 Å². The number of fused-ring (bicyclic) bond motifs is 1. The first-order chi connectivity index (χ1) is 14.2. The van der Waals surface area contributed by atoms with Crippen molar-refractivity contribution in [2.45, 2.75) is 18.4 Å². The summed E-state index contributed by atoms with van der Waals surface area (Å²) in [6, 6.07) is 18.6. The van der Waals surface area contributed by atoms with E-state index in [1.165, 1.54) is 22.9 Å². The molecule has 2 heterocycles. The molecule has 6 heteroatoms. The minimum Gasteiger partial charge on any atom is -0.355 e. The predicted molar refractivity (Wildman–Crippen MR) is 121 cm³/mol. The zero-order valence-electron chi connectivity index (χ0n) is 16.1. The summed E-state index contributed by atoms with van der Waals surface area (Å²) in [5.41, 5.74) is 4.72. The van der Waals surface area contributed by atoms with Gasteiger partial charge in [0.1, 0.15) is 16.2 Å². The van der Waals surface area contributed by atoms with Crippen molar-refractivity contribution in [3.8, 4) is 11.1 Å². The average molecular weight is 420 g/mol. The SMILES string of the molecule is Cc1ccc(-c2csc3ncnc(SCC(=O)NCCc4ccccc4)c23)cc1. The van der Waals surface area contributed by atoms with Gasteiger partial charge in [0.25, 0.3) is 0 Å². The zero-order chi connectivity index (χ0) is 20.1. The Morgan fingerprint density at radius 1 is 1.07 bits per heavy atom. The van der Waals surface area contributed by atoms with E-state index in [-0.39, 0.29) is 5.91 Å². The van der Waals surface area contributed by atoms with Crippen LogP contribution in [0.3, 0.4) is 0 Å². The van der Waals surface area contributed by atoms with Gasteiger partial charge in [0.15, 0.2) is 0 Å². The average Bonchev–Trinajstić information content (AvgIpc) is 3.18. The number of nitrogens with one attached hydrogen (secondary N) is 1. The number of carbonyl (C=O) groups excluding carboxylic acids is 1. The molecular weight excluding hydrogens is 398 g/mol. The summed E-state index contributed by atoms with van der Waals surface area (Å²) in [5.74, 6) is 0.356. The van der Waals surface area contributed by atoms with Gasteiger partial charge in [-0.3, -0.25) is 4.79 Å². The standard InChI is InChI=1S/C23H21N3OS2/c1-16-7-9-18(10-8-16)19-13-28-22-21(19)23(26-15-25-22)29-14-20(27)24-12-11-17-5-3-2-4-6-17/h2-10,13,15H,11-12,14H2,1H3,(H,24,27). The van der Waals surface area contributed by atoms with E-state index < -0.39 is 0 Å². The van der Waals surface area contributed by atoms with Crippen LogP contribution in [0, 0.1) is 6.92 Å². The van der Waals surface area contributed by atoms with Crippen LogP contribution in [0.15, 0.2) is 71.3 Å². The minimum atomic E-state index is 0.0183. The molecule has 0 bridgehead atoms. The third-order valence-corrected chi connectivity index (χ3v) is 6.49. The van der Waals surface area contributed by atoms with Crippen molar-refractivity contribution in [3.05, 3.63) is 77.4 Å². The second kappa shape index (κ2) is 9.20. The molecule has 0 atom stereocenters. The van der Waals surface area contributed by atoms with Gasteiger partial charge in [-0.15, -0.1) is 11.3 Å². The predicted octanol–water partition coefficient (Wildman–Crippen LogP) is 5.12. The molecule has 2 aromatic heterocycles. The summed E-state index contributed by atoms with van der Waals surface area (Å²) in [6.45, 7) is 2.71. The van der Waals surface area contributed by atoms with Gasteiger partial charge in [-0.05, 0) is 24.5 Å². The van der Waals surface area contributed by atoms with Gasteiger partial charge in [0, 0.05) is 17.5 Å². The Labute approximate surface area is 178 Å². The summed E-state index contributed by atoms with van der Waals surface area (Å²) >= 11 is 3.07. The monoisotopic (exact) mass is 419 g/mol. The molecule has 0 saturated carbocycles. The second-order valence-electron chi connectivity index (χ2n) is 6.75. The Morgan fingerprint density at radius 2 is 1.86 bits per heavy atom. The molecular formula is C23H21N3OS2. The van der Waals surface area contributed by atoms with Crippen LogP contribution in [0.25, 0.3) is 21.3 Å². The Hall–Kier alpha value is -2.70. The highest BCUT2D eigenvalue weighted by atomic mass is 32.2. The van der Waals surface area contributed by atoms with Gasteiger partial charge >= 0.3 is 0 Å². The molecule has 0 fully saturated rings. The maximum atomic E-state index is 12.3. The van der Waals surface area contributed by atoms with Crippen LogP contribution in [0.4, 0.5) is 0 Å². The number of thioether (sulfide) groups is 1. The lowest BCUT2D eigenvalue weighted by atomic mass is 10.1. The number of thiophene rings is 1. The lowest BCUT2D eigenvalue weighted by molar-refractivity contribution is -0.118. The fourth-order valence-corrected chi connectivity index (χ4v) is 4.90. The summed E-state index contributed by atoms with van der Waals surface area (Å²) in [6.07, 6.45) is 2.41. The highest BCUT2D eigenvalue weighted by Gasteiger charge is 2.14. The molecule has 4 rings (SSSR count). The first-order valence-corrected chi connectivity index (χ1v) is 11.3. The first kappa shape index (κ1) is 19.6. The van der Waals surface area contributed by atoms with Crippen LogP contribution < -0.4 is 5.32 Å². The molecule has 29 heavy (non-hydrogen) atoms. The number of aryl methyl sites for hydroxylation is 1. The number of carbonyl (C=O) groups is 1. The lowest BCUT2D eigenvalue weighted by Gasteiger charge is -2.07. The number of rotatable bonds is 7. The van der Waals surface area contributed by atoms with E-state index in [9.17, 15) is 4.79 Å². The Balaban J connectivity index is 1.43. The number of hydrogen-bond donors (Lipinski definition) is 1. The van der Waals surface area contributed by atoms with Crippen LogP contribution in [-0.2, 0) is 11.2 Å². The Morgan fingerprint density at radius 3 is 2.66 bits per heavy atom. The maximum Gasteiger partial charge on any atom is 0.230 e. The Bertz CT molecular complexity index is 1110. The lowest BCUT2D eigenvalue weighted by Crippen LogP contribution is -2.27.